The minimum absolute atomic E-state index is 0.313. The van der Waals surface area contributed by atoms with E-state index in [1.165, 1.54) is 0 Å². The molecule has 6 nitrogen and oxygen atoms in total. The first kappa shape index (κ1) is 20.5. The predicted octanol–water partition coefficient (Wildman–Crippen LogP) is 2.16. The second kappa shape index (κ2) is 10.4. The smallest absolute Gasteiger partial charge is 0.191 e. The van der Waals surface area contributed by atoms with Crippen molar-refractivity contribution in [3.8, 4) is 5.75 Å². The Hall–Kier alpha value is -1.79. The largest absolute Gasteiger partial charge is 0.497 e. The number of aliphatic hydroxyl groups is 1. The first-order valence-electron chi connectivity index (χ1n) is 9.64. The van der Waals surface area contributed by atoms with Gasteiger partial charge in [-0.1, -0.05) is 12.1 Å². The van der Waals surface area contributed by atoms with E-state index >= 15 is 0 Å². The maximum atomic E-state index is 10.4. The second-order valence-corrected chi connectivity index (χ2v) is 7.06. The van der Waals surface area contributed by atoms with Gasteiger partial charge in [-0.2, -0.15) is 0 Å². The first-order chi connectivity index (χ1) is 12.5. The number of aliphatic hydroxyl groups excluding tert-OH is 1. The highest BCUT2D eigenvalue weighted by molar-refractivity contribution is 5.80. The van der Waals surface area contributed by atoms with Crippen LogP contribution in [0.2, 0.25) is 0 Å². The van der Waals surface area contributed by atoms with E-state index < -0.39 is 6.10 Å². The topological polar surface area (TPSA) is 69.1 Å². The number of rotatable bonds is 7. The van der Waals surface area contributed by atoms with Crippen molar-refractivity contribution < 1.29 is 9.84 Å². The van der Waals surface area contributed by atoms with Crippen molar-refractivity contribution in [1.29, 1.82) is 0 Å². The third kappa shape index (κ3) is 6.18. The molecule has 1 atom stereocenters. The number of hydrogen-bond acceptors (Lipinski definition) is 4. The molecule has 3 N–H and O–H groups in total. The number of guanidine groups is 1. The minimum atomic E-state index is -0.650. The summed E-state index contributed by atoms with van der Waals surface area (Å²) in [4.78, 5) is 7.09. The van der Waals surface area contributed by atoms with E-state index in [-0.39, 0.29) is 0 Å². The molecule has 1 fully saturated rings. The summed E-state index contributed by atoms with van der Waals surface area (Å²) in [5.41, 5.74) is 0.814. The lowest BCUT2D eigenvalue weighted by molar-refractivity contribution is 0.167. The molecule has 0 spiro atoms. The fourth-order valence-corrected chi connectivity index (χ4v) is 3.21. The van der Waals surface area contributed by atoms with Gasteiger partial charge in [0.15, 0.2) is 5.96 Å². The fourth-order valence-electron chi connectivity index (χ4n) is 3.21. The highest BCUT2D eigenvalue weighted by atomic mass is 16.5. The lowest BCUT2D eigenvalue weighted by Crippen LogP contribution is -2.50. The summed E-state index contributed by atoms with van der Waals surface area (Å²) in [6.45, 7) is 9.89. The maximum absolute atomic E-state index is 10.4. The molecule has 0 bridgehead atoms. The number of aliphatic imine (C=N–C) groups is 1. The summed E-state index contributed by atoms with van der Waals surface area (Å²) < 4.78 is 5.22. The van der Waals surface area contributed by atoms with Crippen LogP contribution in [-0.4, -0.2) is 61.3 Å². The summed E-state index contributed by atoms with van der Waals surface area (Å²) in [7, 11) is 1.63. The number of methoxy groups -OCH3 is 1. The van der Waals surface area contributed by atoms with E-state index in [0.29, 0.717) is 18.6 Å². The molecule has 1 aliphatic heterocycles. The molecule has 0 radical (unpaired) electrons. The number of nitrogens with one attached hydrogen (secondary N) is 2. The Morgan fingerprint density at radius 2 is 2.08 bits per heavy atom. The molecule has 0 amide bonds. The van der Waals surface area contributed by atoms with Crippen LogP contribution in [0.1, 0.15) is 45.3 Å². The zero-order valence-corrected chi connectivity index (χ0v) is 16.5. The molecule has 1 unspecified atom stereocenters. The SMILES string of the molecule is CCNC(=NCC(O)c1cccc(OC)c1)NC1CCN(C(C)C)CC1. The molecule has 0 aliphatic carbocycles. The van der Waals surface area contributed by atoms with Gasteiger partial charge in [0, 0.05) is 31.7 Å². The van der Waals surface area contributed by atoms with Gasteiger partial charge in [-0.25, -0.2) is 0 Å². The summed E-state index contributed by atoms with van der Waals surface area (Å²) in [6.07, 6.45) is 1.57. The molecule has 146 valence electrons. The van der Waals surface area contributed by atoms with Crippen molar-refractivity contribution >= 4 is 5.96 Å². The van der Waals surface area contributed by atoms with Gasteiger partial charge in [0.25, 0.3) is 0 Å². The van der Waals surface area contributed by atoms with Gasteiger partial charge in [0.1, 0.15) is 5.75 Å². The Labute approximate surface area is 157 Å². The van der Waals surface area contributed by atoms with Crippen LogP contribution in [0.25, 0.3) is 0 Å². The summed E-state index contributed by atoms with van der Waals surface area (Å²) in [6, 6.07) is 8.53. The fraction of sp³-hybridized carbons (Fsp3) is 0.650. The summed E-state index contributed by atoms with van der Waals surface area (Å²) in [5, 5.41) is 17.2. The maximum Gasteiger partial charge on any atom is 0.191 e. The molecule has 2 rings (SSSR count). The summed E-state index contributed by atoms with van der Waals surface area (Å²) >= 11 is 0. The molecule has 6 heteroatoms. The van der Waals surface area contributed by atoms with Gasteiger partial charge in [-0.05, 0) is 51.3 Å². The van der Waals surface area contributed by atoms with Crippen molar-refractivity contribution in [3.05, 3.63) is 29.8 Å². The number of hydrogen-bond donors (Lipinski definition) is 3. The third-order valence-electron chi connectivity index (χ3n) is 4.85. The quantitative estimate of drug-likeness (QED) is 0.512. The van der Waals surface area contributed by atoms with Gasteiger partial charge in [0.05, 0.1) is 19.8 Å². The molecule has 0 saturated carbocycles. The Bertz CT molecular complexity index is 569. The average molecular weight is 363 g/mol. The van der Waals surface area contributed by atoms with Crippen molar-refractivity contribution in [2.75, 3.05) is 33.3 Å². The van der Waals surface area contributed by atoms with E-state index in [0.717, 1.165) is 49.7 Å². The highest BCUT2D eigenvalue weighted by Crippen LogP contribution is 2.19. The number of ether oxygens (including phenoxy) is 1. The average Bonchev–Trinajstić information content (AvgIpc) is 2.66. The normalized spacial score (nSPS) is 18.0. The first-order valence-corrected chi connectivity index (χ1v) is 9.64. The van der Waals surface area contributed by atoms with Crippen LogP contribution in [0, 0.1) is 0 Å². The van der Waals surface area contributed by atoms with Gasteiger partial charge in [0.2, 0.25) is 0 Å². The minimum Gasteiger partial charge on any atom is -0.497 e. The van der Waals surface area contributed by atoms with Crippen LogP contribution in [0.15, 0.2) is 29.3 Å². The van der Waals surface area contributed by atoms with E-state index in [9.17, 15) is 5.11 Å². The van der Waals surface area contributed by atoms with E-state index in [1.807, 2.05) is 24.3 Å². The van der Waals surface area contributed by atoms with Crippen LogP contribution in [-0.2, 0) is 0 Å². The van der Waals surface area contributed by atoms with E-state index in [1.54, 1.807) is 7.11 Å². The molecule has 1 heterocycles. The predicted molar refractivity (Wildman–Crippen MR) is 107 cm³/mol. The Balaban J connectivity index is 1.91. The molecule has 1 aromatic rings. The van der Waals surface area contributed by atoms with Crippen LogP contribution < -0.4 is 15.4 Å². The van der Waals surface area contributed by atoms with E-state index in [4.69, 9.17) is 4.74 Å². The lowest BCUT2D eigenvalue weighted by atomic mass is 10.0. The molecule has 26 heavy (non-hydrogen) atoms. The van der Waals surface area contributed by atoms with Crippen molar-refractivity contribution in [2.45, 2.75) is 51.8 Å². The van der Waals surface area contributed by atoms with E-state index in [2.05, 4.69) is 41.3 Å². The monoisotopic (exact) mass is 362 g/mol. The molecule has 1 aliphatic rings. The Morgan fingerprint density at radius 1 is 1.35 bits per heavy atom. The van der Waals surface area contributed by atoms with Crippen LogP contribution in [0.5, 0.6) is 5.75 Å². The van der Waals surface area contributed by atoms with Crippen molar-refractivity contribution in [1.82, 2.24) is 15.5 Å². The highest BCUT2D eigenvalue weighted by Gasteiger charge is 2.21. The Kier molecular flexibility index (Phi) is 8.19. The lowest BCUT2D eigenvalue weighted by Gasteiger charge is -2.35. The number of nitrogens with zero attached hydrogens (tertiary/aromatic N) is 2. The van der Waals surface area contributed by atoms with Gasteiger partial charge >= 0.3 is 0 Å². The standard InChI is InChI=1S/C20H34N4O2/c1-5-21-20(23-17-9-11-24(12-10-17)15(2)3)22-14-19(25)16-7-6-8-18(13-16)26-4/h6-8,13,15,17,19,25H,5,9-12,14H2,1-4H3,(H2,21,22,23). The van der Waals surface area contributed by atoms with Crippen LogP contribution in [0.3, 0.4) is 0 Å². The second-order valence-electron chi connectivity index (χ2n) is 7.06. The number of piperidine rings is 1. The number of likely N-dealkylation sites (tertiary alicyclic amines) is 1. The van der Waals surface area contributed by atoms with Crippen molar-refractivity contribution in [2.24, 2.45) is 4.99 Å². The van der Waals surface area contributed by atoms with Crippen LogP contribution in [0.4, 0.5) is 0 Å². The molecular weight excluding hydrogens is 328 g/mol. The zero-order valence-electron chi connectivity index (χ0n) is 16.5. The van der Waals surface area contributed by atoms with Gasteiger partial charge in [-0.3, -0.25) is 4.99 Å². The Morgan fingerprint density at radius 3 is 2.69 bits per heavy atom. The molecular formula is C20H34N4O2. The molecule has 1 aromatic carbocycles. The van der Waals surface area contributed by atoms with Gasteiger partial charge in [-0.15, -0.1) is 0 Å². The van der Waals surface area contributed by atoms with Crippen LogP contribution >= 0.6 is 0 Å². The molecule has 1 saturated heterocycles. The zero-order chi connectivity index (χ0) is 18.9. The van der Waals surface area contributed by atoms with Gasteiger partial charge < -0.3 is 25.4 Å². The summed E-state index contributed by atoms with van der Waals surface area (Å²) in [5.74, 6) is 1.52. The van der Waals surface area contributed by atoms with Crippen molar-refractivity contribution in [3.63, 3.8) is 0 Å². The number of benzene rings is 1. The third-order valence-corrected chi connectivity index (χ3v) is 4.85. The molecule has 0 aromatic heterocycles.